The number of anilines is 1. The molecule has 120 valence electrons. The maximum absolute atomic E-state index is 6.39. The fourth-order valence-corrected chi connectivity index (χ4v) is 3.17. The fraction of sp³-hybridized carbons (Fsp3) is 0.0625. The van der Waals surface area contributed by atoms with E-state index in [2.05, 4.69) is 20.8 Å². The van der Waals surface area contributed by atoms with E-state index in [1.807, 2.05) is 42.5 Å². The number of tetrazole rings is 1. The molecule has 1 N–H and O–H groups in total. The number of hydrogen-bond donors (Lipinski definition) is 1. The number of fused-ring (bicyclic) bond motifs is 1. The Morgan fingerprint density at radius 2 is 1.79 bits per heavy atom. The summed E-state index contributed by atoms with van der Waals surface area (Å²) < 4.78 is 1.66. The number of allylic oxidation sites excluding steroid dienone is 1. The predicted octanol–water partition coefficient (Wildman–Crippen LogP) is 4.69. The lowest BCUT2D eigenvalue weighted by molar-refractivity contribution is 0.586. The van der Waals surface area contributed by atoms with Crippen molar-refractivity contribution in [3.05, 3.63) is 74.7 Å². The number of nitrogens with one attached hydrogen (secondary N) is 1. The monoisotopic (exact) mass is 377 g/mol. The molecule has 0 saturated carbocycles. The molecule has 8 heteroatoms. The van der Waals surface area contributed by atoms with Crippen LogP contribution in [-0.2, 0) is 0 Å². The summed E-state index contributed by atoms with van der Waals surface area (Å²) in [6.07, 6.45) is 2.00. The van der Waals surface area contributed by atoms with Gasteiger partial charge in [0.05, 0.1) is 10.0 Å². The van der Waals surface area contributed by atoms with Crippen molar-refractivity contribution in [2.75, 3.05) is 5.32 Å². The Morgan fingerprint density at radius 1 is 1.00 bits per heavy atom. The molecule has 1 aliphatic rings. The largest absolute Gasteiger partial charge is 0.323 e. The molecule has 0 unspecified atom stereocenters. The van der Waals surface area contributed by atoms with Gasteiger partial charge in [-0.15, -0.1) is 0 Å². The summed E-state index contributed by atoms with van der Waals surface area (Å²) in [4.78, 5) is 0. The molecule has 0 aliphatic carbocycles. The molecular weight excluding hydrogens is 369 g/mol. The van der Waals surface area contributed by atoms with Gasteiger partial charge in [0.2, 0.25) is 5.95 Å². The molecule has 1 atom stereocenters. The first-order valence-electron chi connectivity index (χ1n) is 7.10. The minimum atomic E-state index is -0.270. The van der Waals surface area contributed by atoms with E-state index in [9.17, 15) is 0 Å². The molecule has 2 aromatic carbocycles. The summed E-state index contributed by atoms with van der Waals surface area (Å²) in [6, 6.07) is 12.8. The van der Waals surface area contributed by atoms with Crippen molar-refractivity contribution in [2.45, 2.75) is 6.04 Å². The maximum atomic E-state index is 6.39. The Hall–Kier alpha value is -2.08. The summed E-state index contributed by atoms with van der Waals surface area (Å²) >= 11 is 18.5. The van der Waals surface area contributed by atoms with E-state index < -0.39 is 0 Å². The highest BCUT2D eigenvalue weighted by atomic mass is 35.5. The minimum absolute atomic E-state index is 0.270. The molecule has 0 fully saturated rings. The Labute approximate surface area is 152 Å². The lowest BCUT2D eigenvalue weighted by Crippen LogP contribution is -2.20. The number of hydrogen-bond acceptors (Lipinski definition) is 4. The van der Waals surface area contributed by atoms with E-state index in [1.165, 1.54) is 0 Å². The van der Waals surface area contributed by atoms with Crippen molar-refractivity contribution < 1.29 is 0 Å². The van der Waals surface area contributed by atoms with Gasteiger partial charge in [0, 0.05) is 16.3 Å². The predicted molar refractivity (Wildman–Crippen MR) is 95.5 cm³/mol. The average molecular weight is 379 g/mol. The van der Waals surface area contributed by atoms with Gasteiger partial charge in [-0.1, -0.05) is 64.2 Å². The summed E-state index contributed by atoms with van der Waals surface area (Å²) in [7, 11) is 0. The van der Waals surface area contributed by atoms with Crippen molar-refractivity contribution in [1.82, 2.24) is 20.2 Å². The zero-order valence-corrected chi connectivity index (χ0v) is 14.4. The van der Waals surface area contributed by atoms with Gasteiger partial charge in [-0.05, 0) is 40.3 Å². The van der Waals surface area contributed by atoms with E-state index in [-0.39, 0.29) is 6.04 Å². The molecule has 4 rings (SSSR count). The van der Waals surface area contributed by atoms with Crippen LogP contribution in [0.2, 0.25) is 15.1 Å². The molecule has 0 spiro atoms. The number of aromatic nitrogens is 4. The van der Waals surface area contributed by atoms with Gasteiger partial charge >= 0.3 is 0 Å². The first-order valence-corrected chi connectivity index (χ1v) is 8.23. The second kappa shape index (κ2) is 6.09. The second-order valence-electron chi connectivity index (χ2n) is 5.25. The summed E-state index contributed by atoms with van der Waals surface area (Å²) in [5.41, 5.74) is 2.66. The zero-order valence-electron chi connectivity index (χ0n) is 12.1. The van der Waals surface area contributed by atoms with E-state index >= 15 is 0 Å². The van der Waals surface area contributed by atoms with Crippen molar-refractivity contribution in [3.63, 3.8) is 0 Å². The molecule has 0 amide bonds. The van der Waals surface area contributed by atoms with Crippen LogP contribution >= 0.6 is 34.8 Å². The van der Waals surface area contributed by atoms with E-state index in [0.29, 0.717) is 21.0 Å². The van der Waals surface area contributed by atoms with Crippen LogP contribution in [-0.4, -0.2) is 20.2 Å². The van der Waals surface area contributed by atoms with Crippen LogP contribution in [0, 0.1) is 0 Å². The Balaban J connectivity index is 1.85. The van der Waals surface area contributed by atoms with Gasteiger partial charge in [-0.3, -0.25) is 0 Å². The fourth-order valence-electron chi connectivity index (χ4n) is 2.62. The molecule has 0 radical (unpaired) electrons. The summed E-state index contributed by atoms with van der Waals surface area (Å²) in [5.74, 6) is 0.531. The molecule has 24 heavy (non-hydrogen) atoms. The first kappa shape index (κ1) is 15.4. The maximum Gasteiger partial charge on any atom is 0.248 e. The van der Waals surface area contributed by atoms with E-state index in [1.54, 1.807) is 10.7 Å². The van der Waals surface area contributed by atoms with Crippen LogP contribution in [0.4, 0.5) is 5.95 Å². The molecule has 5 nitrogen and oxygen atoms in total. The highest BCUT2D eigenvalue weighted by Gasteiger charge is 2.26. The normalized spacial score (nSPS) is 16.3. The average Bonchev–Trinajstić information content (AvgIpc) is 3.06. The van der Waals surface area contributed by atoms with Gasteiger partial charge in [-0.2, -0.15) is 4.68 Å². The zero-order chi connectivity index (χ0) is 16.7. The van der Waals surface area contributed by atoms with Crippen LogP contribution < -0.4 is 5.32 Å². The van der Waals surface area contributed by atoms with Crippen molar-refractivity contribution in [3.8, 4) is 0 Å². The molecule has 2 heterocycles. The number of benzene rings is 2. The van der Waals surface area contributed by atoms with Gasteiger partial charge < -0.3 is 5.32 Å². The number of rotatable bonds is 2. The van der Waals surface area contributed by atoms with Gasteiger partial charge in [0.25, 0.3) is 0 Å². The molecule has 0 bridgehead atoms. The smallest absolute Gasteiger partial charge is 0.248 e. The Bertz CT molecular complexity index is 933. The minimum Gasteiger partial charge on any atom is -0.323 e. The second-order valence-corrected chi connectivity index (χ2v) is 6.47. The van der Waals surface area contributed by atoms with Crippen LogP contribution in [0.5, 0.6) is 0 Å². The SMILES string of the molecule is Clc1ccc(C2=C[C@@H](c3cccc(Cl)c3Cl)n3nnnc3N2)cc1. The van der Waals surface area contributed by atoms with Crippen LogP contribution in [0.15, 0.2) is 48.5 Å². The topological polar surface area (TPSA) is 55.6 Å². The van der Waals surface area contributed by atoms with Crippen LogP contribution in [0.1, 0.15) is 17.2 Å². The van der Waals surface area contributed by atoms with Gasteiger partial charge in [-0.25, -0.2) is 0 Å². The molecule has 3 aromatic rings. The highest BCUT2D eigenvalue weighted by Crippen LogP contribution is 2.37. The van der Waals surface area contributed by atoms with Crippen molar-refractivity contribution in [1.29, 1.82) is 0 Å². The third-order valence-electron chi connectivity index (χ3n) is 3.78. The quantitative estimate of drug-likeness (QED) is 0.703. The van der Waals surface area contributed by atoms with Gasteiger partial charge in [0.15, 0.2) is 0 Å². The number of halogens is 3. The number of nitrogens with zero attached hydrogens (tertiary/aromatic N) is 4. The van der Waals surface area contributed by atoms with E-state index in [0.717, 1.165) is 16.8 Å². The lowest BCUT2D eigenvalue weighted by Gasteiger charge is -2.24. The molecular formula is C16H10Cl3N5. The van der Waals surface area contributed by atoms with Crippen LogP contribution in [0.3, 0.4) is 0 Å². The Morgan fingerprint density at radius 3 is 2.58 bits per heavy atom. The highest BCUT2D eigenvalue weighted by molar-refractivity contribution is 6.42. The van der Waals surface area contributed by atoms with Crippen LogP contribution in [0.25, 0.3) is 5.70 Å². The molecule has 1 aromatic heterocycles. The van der Waals surface area contributed by atoms with Crippen molar-refractivity contribution in [2.24, 2.45) is 0 Å². The summed E-state index contributed by atoms with van der Waals surface area (Å²) in [5, 5.41) is 16.7. The Kier molecular flexibility index (Phi) is 3.92. The van der Waals surface area contributed by atoms with Gasteiger partial charge in [0.1, 0.15) is 6.04 Å². The first-order chi connectivity index (χ1) is 11.6. The van der Waals surface area contributed by atoms with Crippen molar-refractivity contribution >= 4 is 46.4 Å². The summed E-state index contributed by atoms with van der Waals surface area (Å²) in [6.45, 7) is 0. The third kappa shape index (κ3) is 2.65. The lowest BCUT2D eigenvalue weighted by atomic mass is 10.0. The standard InChI is InChI=1S/C16H10Cl3N5/c17-10-6-4-9(5-7-10)13-8-14(24-16(20-13)21-22-23-24)11-2-1-3-12(18)15(11)19/h1-8,14H,(H,20,21,23)/t14-/m0/s1. The third-order valence-corrected chi connectivity index (χ3v) is 4.87. The van der Waals surface area contributed by atoms with E-state index in [4.69, 9.17) is 34.8 Å². The molecule has 0 saturated heterocycles. The molecule has 1 aliphatic heterocycles.